The first-order valence-electron chi connectivity index (χ1n) is 7.31. The molecule has 0 spiro atoms. The summed E-state index contributed by atoms with van der Waals surface area (Å²) in [5.41, 5.74) is 1.66. The Kier molecular flexibility index (Phi) is 5.23. The van der Waals surface area contributed by atoms with Crippen LogP contribution in [0.15, 0.2) is 51.4 Å². The van der Waals surface area contributed by atoms with Gasteiger partial charge in [-0.15, -0.1) is 11.3 Å². The zero-order valence-corrected chi connectivity index (χ0v) is 15.7. The van der Waals surface area contributed by atoms with Crippen molar-refractivity contribution in [2.75, 3.05) is 0 Å². The number of benzene rings is 2. The molecule has 0 aliphatic carbocycles. The molecule has 0 bridgehead atoms. The van der Waals surface area contributed by atoms with Crippen LogP contribution in [0.2, 0.25) is 0 Å². The Morgan fingerprint density at radius 3 is 2.37 bits per heavy atom. The first-order chi connectivity index (χ1) is 12.9. The first-order valence-corrected chi connectivity index (χ1v) is 8.92. The summed E-state index contributed by atoms with van der Waals surface area (Å²) in [5, 5.41) is 26.6. The number of hydrazone groups is 1. The van der Waals surface area contributed by atoms with Gasteiger partial charge in [0.1, 0.15) is 0 Å². The Morgan fingerprint density at radius 2 is 1.74 bits per heavy atom. The number of hydrogen-bond donors (Lipinski definition) is 1. The summed E-state index contributed by atoms with van der Waals surface area (Å²) in [7, 11) is 0. The SMILES string of the molecule is O=C(N/N=C\c1c(Br)sc2ccccc12)c1cc([N+](=O)[O-])cc([N+](=O)[O-])c1. The normalized spacial score (nSPS) is 11.0. The number of thiophene rings is 1. The van der Waals surface area contributed by atoms with Gasteiger partial charge in [0, 0.05) is 27.8 Å². The van der Waals surface area contributed by atoms with E-state index in [1.165, 1.54) is 17.6 Å². The van der Waals surface area contributed by atoms with E-state index in [4.69, 9.17) is 0 Å². The number of carbonyl (C=O) groups is 1. The fraction of sp³-hybridized carbons (Fsp3) is 0. The average molecular weight is 449 g/mol. The maximum absolute atomic E-state index is 12.2. The van der Waals surface area contributed by atoms with Crippen LogP contribution < -0.4 is 5.43 Å². The second-order valence-electron chi connectivity index (χ2n) is 5.24. The molecule has 0 radical (unpaired) electrons. The van der Waals surface area contributed by atoms with Crippen molar-refractivity contribution in [2.24, 2.45) is 5.10 Å². The summed E-state index contributed by atoms with van der Waals surface area (Å²) in [6.07, 6.45) is 1.44. The standard InChI is InChI=1S/C16H9BrN4O5S/c17-15-13(12-3-1-2-4-14(12)27-15)8-18-19-16(22)9-5-10(20(23)24)7-11(6-9)21(25)26/h1-8H,(H,19,22)/b18-8-. The Balaban J connectivity index is 1.85. The minimum Gasteiger partial charge on any atom is -0.267 e. The fourth-order valence-corrected chi connectivity index (χ4v) is 4.05. The van der Waals surface area contributed by atoms with Crippen LogP contribution in [0.25, 0.3) is 10.1 Å². The number of nitro groups is 2. The second-order valence-corrected chi connectivity index (χ2v) is 7.61. The summed E-state index contributed by atoms with van der Waals surface area (Å²) >= 11 is 4.94. The maximum atomic E-state index is 12.2. The molecule has 3 rings (SSSR count). The third-order valence-corrected chi connectivity index (χ3v) is 5.42. The number of carbonyl (C=O) groups excluding carboxylic acids is 1. The number of nitro benzene ring substituents is 2. The second kappa shape index (κ2) is 7.60. The van der Waals surface area contributed by atoms with E-state index in [0.29, 0.717) is 0 Å². The third kappa shape index (κ3) is 3.99. The van der Waals surface area contributed by atoms with Gasteiger partial charge >= 0.3 is 0 Å². The number of nitrogens with zero attached hydrogens (tertiary/aromatic N) is 3. The van der Waals surface area contributed by atoms with Crippen LogP contribution in [0, 0.1) is 20.2 Å². The molecule has 0 aliphatic rings. The average Bonchev–Trinajstić information content (AvgIpc) is 2.96. The number of nitrogens with one attached hydrogen (secondary N) is 1. The lowest BCUT2D eigenvalue weighted by atomic mass is 10.1. The van der Waals surface area contributed by atoms with E-state index in [1.54, 1.807) is 0 Å². The quantitative estimate of drug-likeness (QED) is 0.354. The van der Waals surface area contributed by atoms with Gasteiger partial charge in [-0.3, -0.25) is 25.0 Å². The lowest BCUT2D eigenvalue weighted by molar-refractivity contribution is -0.394. The van der Waals surface area contributed by atoms with Crippen molar-refractivity contribution in [3.63, 3.8) is 0 Å². The Labute approximate surface area is 163 Å². The minimum absolute atomic E-state index is 0.234. The molecule has 0 saturated heterocycles. The van der Waals surface area contributed by atoms with Crippen molar-refractivity contribution in [1.29, 1.82) is 0 Å². The molecule has 11 heteroatoms. The van der Waals surface area contributed by atoms with E-state index in [0.717, 1.165) is 37.6 Å². The zero-order chi connectivity index (χ0) is 19.6. The highest BCUT2D eigenvalue weighted by molar-refractivity contribution is 9.11. The van der Waals surface area contributed by atoms with Crippen LogP contribution in [0.1, 0.15) is 15.9 Å². The topological polar surface area (TPSA) is 128 Å². The molecule has 0 fully saturated rings. The lowest BCUT2D eigenvalue weighted by Gasteiger charge is -2.01. The van der Waals surface area contributed by atoms with E-state index in [1.807, 2.05) is 24.3 Å². The molecule has 1 N–H and O–H groups in total. The van der Waals surface area contributed by atoms with Crippen LogP contribution >= 0.6 is 27.3 Å². The van der Waals surface area contributed by atoms with Crippen molar-refractivity contribution in [1.82, 2.24) is 5.43 Å². The summed E-state index contributed by atoms with van der Waals surface area (Å²) in [5.74, 6) is -0.797. The highest BCUT2D eigenvalue weighted by atomic mass is 79.9. The fourth-order valence-electron chi connectivity index (χ4n) is 2.31. The van der Waals surface area contributed by atoms with Crippen LogP contribution in [-0.4, -0.2) is 22.0 Å². The first kappa shape index (κ1) is 18.6. The van der Waals surface area contributed by atoms with Gasteiger partial charge in [-0.2, -0.15) is 5.10 Å². The number of amides is 1. The third-order valence-electron chi connectivity index (χ3n) is 3.53. The molecule has 1 aromatic heterocycles. The molecule has 136 valence electrons. The van der Waals surface area contributed by atoms with Crippen LogP contribution in [0.3, 0.4) is 0 Å². The number of hydrogen-bond acceptors (Lipinski definition) is 7. The van der Waals surface area contributed by atoms with E-state index in [-0.39, 0.29) is 5.56 Å². The smallest absolute Gasteiger partial charge is 0.267 e. The molecular formula is C16H9BrN4O5S. The van der Waals surface area contributed by atoms with E-state index in [2.05, 4.69) is 26.5 Å². The van der Waals surface area contributed by atoms with Crippen molar-refractivity contribution < 1.29 is 14.6 Å². The van der Waals surface area contributed by atoms with Crippen LogP contribution in [0.5, 0.6) is 0 Å². The summed E-state index contributed by atoms with van der Waals surface area (Å²) in [6, 6.07) is 10.3. The highest BCUT2D eigenvalue weighted by Crippen LogP contribution is 2.34. The Bertz CT molecular complexity index is 1080. The number of rotatable bonds is 5. The van der Waals surface area contributed by atoms with E-state index >= 15 is 0 Å². The summed E-state index contributed by atoms with van der Waals surface area (Å²) < 4.78 is 1.86. The Hall–Kier alpha value is -3.18. The monoisotopic (exact) mass is 448 g/mol. The number of non-ortho nitro benzene ring substituents is 2. The van der Waals surface area contributed by atoms with Crippen molar-refractivity contribution >= 4 is 60.8 Å². The molecule has 2 aromatic carbocycles. The summed E-state index contributed by atoms with van der Waals surface area (Å²) in [6.45, 7) is 0. The van der Waals surface area contributed by atoms with Gasteiger partial charge in [-0.25, -0.2) is 5.43 Å². The molecule has 0 aliphatic heterocycles. The molecule has 3 aromatic rings. The van der Waals surface area contributed by atoms with E-state index in [9.17, 15) is 25.0 Å². The van der Waals surface area contributed by atoms with Gasteiger partial charge in [-0.1, -0.05) is 18.2 Å². The van der Waals surface area contributed by atoms with E-state index < -0.39 is 27.1 Å². The van der Waals surface area contributed by atoms with Gasteiger partial charge in [0.05, 0.1) is 31.5 Å². The van der Waals surface area contributed by atoms with Crippen molar-refractivity contribution in [3.8, 4) is 0 Å². The van der Waals surface area contributed by atoms with Crippen molar-refractivity contribution in [3.05, 3.63) is 77.6 Å². The molecule has 0 atom stereocenters. The van der Waals surface area contributed by atoms with Gasteiger partial charge in [0.25, 0.3) is 17.3 Å². The lowest BCUT2D eigenvalue weighted by Crippen LogP contribution is -2.18. The largest absolute Gasteiger partial charge is 0.277 e. The van der Waals surface area contributed by atoms with Crippen LogP contribution in [0.4, 0.5) is 11.4 Å². The number of halogens is 1. The maximum Gasteiger partial charge on any atom is 0.277 e. The molecule has 1 heterocycles. The van der Waals surface area contributed by atoms with Gasteiger partial charge in [0.15, 0.2) is 0 Å². The molecular weight excluding hydrogens is 440 g/mol. The van der Waals surface area contributed by atoms with Crippen LogP contribution in [-0.2, 0) is 0 Å². The molecule has 9 nitrogen and oxygen atoms in total. The number of fused-ring (bicyclic) bond motifs is 1. The van der Waals surface area contributed by atoms with Crippen molar-refractivity contribution in [2.45, 2.75) is 0 Å². The molecule has 1 amide bonds. The minimum atomic E-state index is -0.804. The Morgan fingerprint density at radius 1 is 1.11 bits per heavy atom. The van der Waals surface area contributed by atoms with Gasteiger partial charge < -0.3 is 0 Å². The molecule has 0 unspecified atom stereocenters. The van der Waals surface area contributed by atoms with Gasteiger partial charge in [0.2, 0.25) is 0 Å². The van der Waals surface area contributed by atoms with Gasteiger partial charge in [-0.05, 0) is 22.0 Å². The summed E-state index contributed by atoms with van der Waals surface area (Å²) in [4.78, 5) is 32.4. The highest BCUT2D eigenvalue weighted by Gasteiger charge is 2.19. The predicted octanol–water partition coefficient (Wildman–Crippen LogP) is 4.24. The molecule has 0 saturated carbocycles. The predicted molar refractivity (Wildman–Crippen MR) is 104 cm³/mol. The molecule has 27 heavy (non-hydrogen) atoms. The zero-order valence-electron chi connectivity index (χ0n) is 13.3.